The van der Waals surface area contributed by atoms with Crippen LogP contribution in [-0.4, -0.2) is 41.4 Å². The Morgan fingerprint density at radius 2 is 2.10 bits per heavy atom. The smallest absolute Gasteiger partial charge is 0.161 e. The standard InChI is InChI=1S/C15H29N5O/c1-5-20-13(12(21-4)11-17-20)14(18-16)15(19(2)3)9-7-6-8-10-15/h11,14,18H,5-10,16H2,1-4H3. The van der Waals surface area contributed by atoms with E-state index in [1.807, 2.05) is 4.68 Å². The summed E-state index contributed by atoms with van der Waals surface area (Å²) in [6, 6.07) is 0.00481. The molecule has 0 bridgehead atoms. The lowest BCUT2D eigenvalue weighted by molar-refractivity contribution is 0.0520. The molecule has 1 heterocycles. The summed E-state index contributed by atoms with van der Waals surface area (Å²) in [5.74, 6) is 6.80. The zero-order valence-electron chi connectivity index (χ0n) is 13.7. The number of aryl methyl sites for hydroxylation is 1. The van der Waals surface area contributed by atoms with E-state index in [-0.39, 0.29) is 11.6 Å². The maximum atomic E-state index is 5.99. The SMILES string of the molecule is CCn1ncc(OC)c1C(NN)C1(N(C)C)CCCCC1. The normalized spacial score (nSPS) is 19.7. The first-order chi connectivity index (χ1) is 10.1. The molecule has 0 aromatic carbocycles. The van der Waals surface area contributed by atoms with Gasteiger partial charge in [-0.15, -0.1) is 0 Å². The van der Waals surface area contributed by atoms with Crippen LogP contribution in [0, 0.1) is 0 Å². The first-order valence-corrected chi connectivity index (χ1v) is 7.84. The van der Waals surface area contributed by atoms with Gasteiger partial charge in [0.2, 0.25) is 0 Å². The lowest BCUT2D eigenvalue weighted by Gasteiger charge is -2.48. The van der Waals surface area contributed by atoms with Crippen LogP contribution < -0.4 is 16.0 Å². The van der Waals surface area contributed by atoms with E-state index >= 15 is 0 Å². The van der Waals surface area contributed by atoms with E-state index in [4.69, 9.17) is 10.6 Å². The lowest BCUT2D eigenvalue weighted by Crippen LogP contribution is -2.56. The van der Waals surface area contributed by atoms with Crippen molar-refractivity contribution in [1.82, 2.24) is 20.1 Å². The molecule has 6 nitrogen and oxygen atoms in total. The average Bonchev–Trinajstić information content (AvgIpc) is 2.91. The van der Waals surface area contributed by atoms with Crippen LogP contribution in [0.15, 0.2) is 6.20 Å². The zero-order valence-corrected chi connectivity index (χ0v) is 13.7. The van der Waals surface area contributed by atoms with Crippen LogP contribution in [0.5, 0.6) is 5.75 Å². The van der Waals surface area contributed by atoms with Crippen molar-refractivity contribution in [1.29, 1.82) is 0 Å². The number of nitrogens with two attached hydrogens (primary N) is 1. The topological polar surface area (TPSA) is 68.3 Å². The number of hydrogen-bond donors (Lipinski definition) is 2. The molecular formula is C15H29N5O. The van der Waals surface area contributed by atoms with Crippen molar-refractivity contribution >= 4 is 0 Å². The molecule has 1 aromatic heterocycles. The maximum Gasteiger partial charge on any atom is 0.161 e. The quantitative estimate of drug-likeness (QED) is 0.617. The van der Waals surface area contributed by atoms with Crippen LogP contribution in [0.25, 0.3) is 0 Å². The predicted molar refractivity (Wildman–Crippen MR) is 84.0 cm³/mol. The zero-order chi connectivity index (χ0) is 15.5. The molecule has 6 heteroatoms. The van der Waals surface area contributed by atoms with Crippen LogP contribution in [-0.2, 0) is 6.54 Å². The molecule has 21 heavy (non-hydrogen) atoms. The average molecular weight is 295 g/mol. The minimum Gasteiger partial charge on any atom is -0.493 e. The van der Waals surface area contributed by atoms with Gasteiger partial charge in [-0.1, -0.05) is 19.3 Å². The molecule has 1 fully saturated rings. The number of nitrogens with one attached hydrogen (secondary N) is 1. The van der Waals surface area contributed by atoms with Gasteiger partial charge >= 0.3 is 0 Å². The fourth-order valence-electron chi connectivity index (χ4n) is 3.72. The highest BCUT2D eigenvalue weighted by Crippen LogP contribution is 2.43. The Bertz CT molecular complexity index is 429. The molecular weight excluding hydrogens is 266 g/mol. The van der Waals surface area contributed by atoms with Crippen LogP contribution >= 0.6 is 0 Å². The number of rotatable bonds is 6. The van der Waals surface area contributed by atoms with Crippen molar-refractivity contribution in [2.45, 2.75) is 57.2 Å². The van der Waals surface area contributed by atoms with Gasteiger partial charge in [0.15, 0.2) is 5.75 Å². The van der Waals surface area contributed by atoms with E-state index in [0.717, 1.165) is 30.8 Å². The lowest BCUT2D eigenvalue weighted by atomic mass is 9.74. The molecule has 0 radical (unpaired) electrons. The predicted octanol–water partition coefficient (Wildman–Crippen LogP) is 1.68. The van der Waals surface area contributed by atoms with Gasteiger partial charge in [0.05, 0.1) is 19.3 Å². The molecule has 1 aliphatic carbocycles. The highest BCUT2D eigenvalue weighted by atomic mass is 16.5. The summed E-state index contributed by atoms with van der Waals surface area (Å²) in [6.07, 6.45) is 7.82. The second-order valence-electron chi connectivity index (χ2n) is 6.07. The summed E-state index contributed by atoms with van der Waals surface area (Å²) in [4.78, 5) is 2.32. The van der Waals surface area contributed by atoms with Crippen molar-refractivity contribution in [2.75, 3.05) is 21.2 Å². The number of nitrogens with zero attached hydrogens (tertiary/aromatic N) is 3. The van der Waals surface area contributed by atoms with E-state index in [1.165, 1.54) is 19.3 Å². The van der Waals surface area contributed by atoms with Gasteiger partial charge in [-0.05, 0) is 33.9 Å². The van der Waals surface area contributed by atoms with Crippen LogP contribution in [0.4, 0.5) is 0 Å². The number of ether oxygens (including phenoxy) is 1. The van der Waals surface area contributed by atoms with Crippen molar-refractivity contribution in [2.24, 2.45) is 5.84 Å². The van der Waals surface area contributed by atoms with E-state index in [1.54, 1.807) is 13.3 Å². The number of likely N-dealkylation sites (N-methyl/N-ethyl adjacent to an activating group) is 1. The summed E-state index contributed by atoms with van der Waals surface area (Å²) in [5, 5.41) is 4.44. The molecule has 1 aromatic rings. The molecule has 1 unspecified atom stereocenters. The Balaban J connectivity index is 2.48. The van der Waals surface area contributed by atoms with Crippen LogP contribution in [0.1, 0.15) is 50.8 Å². The van der Waals surface area contributed by atoms with Crippen molar-refractivity contribution in [3.8, 4) is 5.75 Å². The second-order valence-corrected chi connectivity index (χ2v) is 6.07. The number of methoxy groups -OCH3 is 1. The van der Waals surface area contributed by atoms with Crippen LogP contribution in [0.2, 0.25) is 0 Å². The van der Waals surface area contributed by atoms with Gasteiger partial charge in [-0.3, -0.25) is 10.5 Å². The molecule has 0 spiro atoms. The maximum absolute atomic E-state index is 5.99. The fraction of sp³-hybridized carbons (Fsp3) is 0.800. The minimum absolute atomic E-state index is 0.00481. The number of aromatic nitrogens is 2. The Kier molecular flexibility index (Phi) is 5.24. The van der Waals surface area contributed by atoms with Gasteiger partial charge in [-0.2, -0.15) is 5.10 Å². The van der Waals surface area contributed by atoms with E-state index in [2.05, 4.69) is 36.4 Å². The number of hydrogen-bond acceptors (Lipinski definition) is 5. The summed E-state index contributed by atoms with van der Waals surface area (Å²) in [7, 11) is 5.99. The highest BCUT2D eigenvalue weighted by Gasteiger charge is 2.44. The monoisotopic (exact) mass is 295 g/mol. The van der Waals surface area contributed by atoms with Gasteiger partial charge in [0.1, 0.15) is 5.69 Å². The summed E-state index contributed by atoms with van der Waals surface area (Å²) >= 11 is 0. The van der Waals surface area contributed by atoms with Crippen molar-refractivity contribution in [3.05, 3.63) is 11.9 Å². The molecule has 0 aliphatic heterocycles. The highest BCUT2D eigenvalue weighted by molar-refractivity contribution is 5.31. The van der Waals surface area contributed by atoms with E-state index in [0.29, 0.717) is 0 Å². The Morgan fingerprint density at radius 1 is 1.43 bits per heavy atom. The Labute approximate surface area is 127 Å². The van der Waals surface area contributed by atoms with E-state index < -0.39 is 0 Å². The van der Waals surface area contributed by atoms with Crippen molar-refractivity contribution in [3.63, 3.8) is 0 Å². The molecule has 0 amide bonds. The molecule has 3 N–H and O–H groups in total. The van der Waals surface area contributed by atoms with Gasteiger partial charge in [-0.25, -0.2) is 5.43 Å². The van der Waals surface area contributed by atoms with Crippen LogP contribution in [0.3, 0.4) is 0 Å². The van der Waals surface area contributed by atoms with Gasteiger partial charge in [0.25, 0.3) is 0 Å². The Hall–Kier alpha value is -1.11. The number of hydrazine groups is 1. The molecule has 2 rings (SSSR count). The molecule has 1 atom stereocenters. The third-order valence-electron chi connectivity index (χ3n) is 4.95. The third kappa shape index (κ3) is 2.80. The Morgan fingerprint density at radius 3 is 2.57 bits per heavy atom. The first-order valence-electron chi connectivity index (χ1n) is 7.84. The van der Waals surface area contributed by atoms with Gasteiger partial charge < -0.3 is 9.64 Å². The first kappa shape index (κ1) is 16.3. The molecule has 1 saturated carbocycles. The molecule has 0 saturated heterocycles. The van der Waals surface area contributed by atoms with E-state index in [9.17, 15) is 0 Å². The summed E-state index contributed by atoms with van der Waals surface area (Å²) < 4.78 is 7.52. The second kappa shape index (κ2) is 6.77. The molecule has 120 valence electrons. The molecule has 1 aliphatic rings. The minimum atomic E-state index is 0.00481. The largest absolute Gasteiger partial charge is 0.493 e. The summed E-state index contributed by atoms with van der Waals surface area (Å²) in [6.45, 7) is 2.90. The van der Waals surface area contributed by atoms with Gasteiger partial charge in [0, 0.05) is 12.1 Å². The summed E-state index contributed by atoms with van der Waals surface area (Å²) in [5.41, 5.74) is 4.12. The fourth-order valence-corrected chi connectivity index (χ4v) is 3.72. The van der Waals surface area contributed by atoms with Crippen molar-refractivity contribution < 1.29 is 4.74 Å². The third-order valence-corrected chi connectivity index (χ3v) is 4.95.